The van der Waals surface area contributed by atoms with Crippen LogP contribution in [0, 0.1) is 13.8 Å². The lowest BCUT2D eigenvalue weighted by molar-refractivity contribution is -0.157. The summed E-state index contributed by atoms with van der Waals surface area (Å²) in [6, 6.07) is -0.658. The van der Waals surface area contributed by atoms with Gasteiger partial charge in [-0.1, -0.05) is 0 Å². The van der Waals surface area contributed by atoms with Gasteiger partial charge in [-0.3, -0.25) is 14.4 Å². The van der Waals surface area contributed by atoms with E-state index in [1.165, 1.54) is 4.90 Å². The zero-order chi connectivity index (χ0) is 19.9. The Bertz CT molecular complexity index is 815. The minimum atomic E-state index is -0.658. The summed E-state index contributed by atoms with van der Waals surface area (Å²) in [7, 11) is 1.59. The number of piperazine rings is 2. The van der Waals surface area contributed by atoms with Gasteiger partial charge in [0, 0.05) is 25.8 Å². The van der Waals surface area contributed by atoms with E-state index < -0.39 is 12.0 Å². The first-order chi connectivity index (χ1) is 12.8. The minimum Gasteiger partial charge on any atom is -0.462 e. The first-order valence-corrected chi connectivity index (χ1v) is 8.96. The minimum absolute atomic E-state index is 0.0705. The molecule has 0 aromatic carbocycles. The molecular formula is C18H24N4O5. The fourth-order valence-corrected chi connectivity index (χ4v) is 3.73. The number of rotatable bonds is 3. The molecule has 3 rings (SSSR count). The lowest BCUT2D eigenvalue weighted by Crippen LogP contribution is -2.66. The molecule has 2 aliphatic heterocycles. The summed E-state index contributed by atoms with van der Waals surface area (Å²) in [6.07, 6.45) is 0. The van der Waals surface area contributed by atoms with Crippen molar-refractivity contribution < 1.29 is 23.9 Å². The van der Waals surface area contributed by atoms with Crippen LogP contribution in [0.1, 0.15) is 39.0 Å². The van der Waals surface area contributed by atoms with Crippen molar-refractivity contribution in [1.29, 1.82) is 0 Å². The van der Waals surface area contributed by atoms with Crippen LogP contribution in [0.25, 0.3) is 0 Å². The lowest BCUT2D eigenvalue weighted by atomic mass is 10.1. The topological polar surface area (TPSA) is 103 Å². The Hall–Kier alpha value is -2.84. The highest BCUT2D eigenvalue weighted by molar-refractivity contribution is 6.01. The van der Waals surface area contributed by atoms with Crippen molar-refractivity contribution in [3.8, 4) is 0 Å². The Labute approximate surface area is 157 Å². The molecule has 0 aliphatic carbocycles. The van der Waals surface area contributed by atoms with E-state index in [-0.39, 0.29) is 37.4 Å². The Morgan fingerprint density at radius 3 is 2.59 bits per heavy atom. The van der Waals surface area contributed by atoms with Crippen LogP contribution in [0.15, 0.2) is 0 Å². The van der Waals surface area contributed by atoms with Crippen LogP contribution in [0.3, 0.4) is 0 Å². The number of amides is 3. The number of aromatic amines is 1. The molecule has 3 heterocycles. The molecule has 27 heavy (non-hydrogen) atoms. The molecule has 9 heteroatoms. The normalized spacial score (nSPS) is 20.0. The summed E-state index contributed by atoms with van der Waals surface area (Å²) in [5.74, 6) is -1.04. The zero-order valence-electron chi connectivity index (χ0n) is 16.0. The van der Waals surface area contributed by atoms with Gasteiger partial charge in [0.05, 0.1) is 25.3 Å². The molecule has 0 unspecified atom stereocenters. The van der Waals surface area contributed by atoms with Crippen LogP contribution < -0.4 is 0 Å². The predicted molar refractivity (Wildman–Crippen MR) is 95.3 cm³/mol. The van der Waals surface area contributed by atoms with Gasteiger partial charge in [-0.15, -0.1) is 0 Å². The number of nitrogens with one attached hydrogen (secondary N) is 1. The fourth-order valence-electron chi connectivity index (χ4n) is 3.73. The van der Waals surface area contributed by atoms with E-state index in [2.05, 4.69) is 4.98 Å². The third-order valence-corrected chi connectivity index (χ3v) is 5.15. The van der Waals surface area contributed by atoms with Gasteiger partial charge < -0.3 is 24.4 Å². The quantitative estimate of drug-likeness (QED) is 0.744. The van der Waals surface area contributed by atoms with Crippen molar-refractivity contribution >= 4 is 23.7 Å². The van der Waals surface area contributed by atoms with Gasteiger partial charge in [0.15, 0.2) is 0 Å². The summed E-state index contributed by atoms with van der Waals surface area (Å²) < 4.78 is 5.06. The number of likely N-dealkylation sites (N-methyl/N-ethyl adjacent to an activating group) is 1. The van der Waals surface area contributed by atoms with Crippen molar-refractivity contribution in [3.05, 3.63) is 22.5 Å². The smallest absolute Gasteiger partial charge is 0.340 e. The molecule has 2 fully saturated rings. The largest absolute Gasteiger partial charge is 0.462 e. The van der Waals surface area contributed by atoms with Crippen LogP contribution in [0.5, 0.6) is 0 Å². The molecule has 2 saturated heterocycles. The Balaban J connectivity index is 1.83. The monoisotopic (exact) mass is 376 g/mol. The molecule has 0 bridgehead atoms. The number of H-pyrrole nitrogens is 1. The summed E-state index contributed by atoms with van der Waals surface area (Å²) in [5, 5.41) is 0. The van der Waals surface area contributed by atoms with Crippen LogP contribution in [0.4, 0.5) is 0 Å². The Morgan fingerprint density at radius 1 is 1.22 bits per heavy atom. The van der Waals surface area contributed by atoms with Crippen LogP contribution >= 0.6 is 0 Å². The highest BCUT2D eigenvalue weighted by Gasteiger charge is 2.42. The van der Waals surface area contributed by atoms with E-state index in [1.54, 1.807) is 37.6 Å². The lowest BCUT2D eigenvalue weighted by Gasteiger charge is -2.45. The average molecular weight is 376 g/mol. The SMILES string of the molecule is CCOC(=O)c1c(C)[nH]c(C(=O)N2CCN3C(=O)CN(C)C(=O)[C@H]3C2)c1C. The van der Waals surface area contributed by atoms with E-state index in [1.807, 2.05) is 0 Å². The van der Waals surface area contributed by atoms with Crippen molar-refractivity contribution in [2.45, 2.75) is 26.8 Å². The third-order valence-electron chi connectivity index (χ3n) is 5.15. The highest BCUT2D eigenvalue weighted by Crippen LogP contribution is 2.23. The van der Waals surface area contributed by atoms with E-state index >= 15 is 0 Å². The number of fused-ring (bicyclic) bond motifs is 1. The maximum absolute atomic E-state index is 13.0. The number of carbonyl (C=O) groups is 4. The molecule has 1 N–H and O–H groups in total. The number of hydrogen-bond acceptors (Lipinski definition) is 5. The van der Waals surface area contributed by atoms with E-state index in [9.17, 15) is 19.2 Å². The standard InChI is InChI=1S/C18H24N4O5/c1-5-27-18(26)14-10(2)15(19-11(14)3)17(25)21-6-7-22-12(8-21)16(24)20(4)9-13(22)23/h12,19H,5-9H2,1-4H3/t12-/m1/s1. The van der Waals surface area contributed by atoms with E-state index in [0.717, 1.165) is 0 Å². The summed E-state index contributed by atoms with van der Waals surface area (Å²) in [5.41, 5.74) is 1.77. The molecular weight excluding hydrogens is 352 g/mol. The number of aryl methyl sites for hydroxylation is 1. The molecule has 1 aromatic rings. The molecule has 0 saturated carbocycles. The molecule has 0 radical (unpaired) electrons. The van der Waals surface area contributed by atoms with Gasteiger partial charge in [0.2, 0.25) is 11.8 Å². The van der Waals surface area contributed by atoms with E-state index in [4.69, 9.17) is 4.74 Å². The van der Waals surface area contributed by atoms with Gasteiger partial charge in [-0.25, -0.2) is 4.79 Å². The molecule has 0 spiro atoms. The third kappa shape index (κ3) is 3.17. The van der Waals surface area contributed by atoms with Gasteiger partial charge in [0.1, 0.15) is 11.7 Å². The molecule has 1 aromatic heterocycles. The number of carbonyl (C=O) groups excluding carboxylic acids is 4. The predicted octanol–water partition coefficient (Wildman–Crippen LogP) is -0.0668. The van der Waals surface area contributed by atoms with Crippen LogP contribution in [-0.2, 0) is 14.3 Å². The first kappa shape index (κ1) is 18.9. The number of esters is 1. The van der Waals surface area contributed by atoms with Crippen molar-refractivity contribution in [2.24, 2.45) is 0 Å². The van der Waals surface area contributed by atoms with Gasteiger partial charge in [0.25, 0.3) is 5.91 Å². The van der Waals surface area contributed by atoms with Crippen molar-refractivity contribution in [3.63, 3.8) is 0 Å². The van der Waals surface area contributed by atoms with Gasteiger partial charge >= 0.3 is 5.97 Å². The summed E-state index contributed by atoms with van der Waals surface area (Å²) in [6.45, 7) is 6.25. The second-order valence-corrected chi connectivity index (χ2v) is 6.89. The van der Waals surface area contributed by atoms with Crippen molar-refractivity contribution in [2.75, 3.05) is 39.8 Å². The van der Waals surface area contributed by atoms with Gasteiger partial charge in [-0.05, 0) is 26.3 Å². The van der Waals surface area contributed by atoms with Crippen LogP contribution in [0.2, 0.25) is 0 Å². The molecule has 9 nitrogen and oxygen atoms in total. The zero-order valence-corrected chi connectivity index (χ0v) is 16.0. The highest BCUT2D eigenvalue weighted by atomic mass is 16.5. The molecule has 146 valence electrons. The molecule has 2 aliphatic rings. The maximum Gasteiger partial charge on any atom is 0.340 e. The number of nitrogens with zero attached hydrogens (tertiary/aromatic N) is 3. The van der Waals surface area contributed by atoms with E-state index in [0.29, 0.717) is 35.6 Å². The summed E-state index contributed by atoms with van der Waals surface area (Å²) in [4.78, 5) is 57.2. The number of hydrogen-bond donors (Lipinski definition) is 1. The fraction of sp³-hybridized carbons (Fsp3) is 0.556. The van der Waals surface area contributed by atoms with Gasteiger partial charge in [-0.2, -0.15) is 0 Å². The van der Waals surface area contributed by atoms with Crippen molar-refractivity contribution in [1.82, 2.24) is 19.7 Å². The number of ether oxygens (including phenoxy) is 1. The Morgan fingerprint density at radius 2 is 1.93 bits per heavy atom. The molecule has 1 atom stereocenters. The number of aromatic nitrogens is 1. The molecule has 3 amide bonds. The Kier molecular flexibility index (Phi) is 4.95. The second-order valence-electron chi connectivity index (χ2n) is 6.89. The first-order valence-electron chi connectivity index (χ1n) is 8.96. The summed E-state index contributed by atoms with van der Waals surface area (Å²) >= 11 is 0. The van der Waals surface area contributed by atoms with Crippen LogP contribution in [-0.4, -0.2) is 89.2 Å². The maximum atomic E-state index is 13.0. The average Bonchev–Trinajstić information content (AvgIpc) is 2.93. The second kappa shape index (κ2) is 7.05.